The van der Waals surface area contributed by atoms with Crippen LogP contribution in [0.15, 0.2) is 53.4 Å². The van der Waals surface area contributed by atoms with E-state index in [4.69, 9.17) is 0 Å². The highest BCUT2D eigenvalue weighted by Gasteiger charge is 2.29. The molecular formula is C19H22FN3O3S. The molecular weight excluding hydrogens is 369 g/mol. The van der Waals surface area contributed by atoms with E-state index in [0.717, 1.165) is 23.4 Å². The predicted octanol–water partition coefficient (Wildman–Crippen LogP) is 2.08. The Kier molecular flexibility index (Phi) is 5.88. The van der Waals surface area contributed by atoms with Gasteiger partial charge in [-0.25, -0.2) is 12.8 Å². The number of amides is 1. The van der Waals surface area contributed by atoms with E-state index in [-0.39, 0.29) is 30.4 Å². The minimum absolute atomic E-state index is 0.0783. The van der Waals surface area contributed by atoms with E-state index in [9.17, 15) is 17.6 Å². The summed E-state index contributed by atoms with van der Waals surface area (Å²) in [5.74, 6) is -0.603. The topological polar surface area (TPSA) is 69.7 Å². The first-order valence-electron chi connectivity index (χ1n) is 8.69. The van der Waals surface area contributed by atoms with Crippen molar-refractivity contribution in [1.82, 2.24) is 9.21 Å². The van der Waals surface area contributed by atoms with Crippen molar-refractivity contribution in [2.75, 3.05) is 38.0 Å². The zero-order valence-electron chi connectivity index (χ0n) is 15.1. The van der Waals surface area contributed by atoms with Crippen LogP contribution in [0.1, 0.15) is 5.56 Å². The third-order valence-corrected chi connectivity index (χ3v) is 6.36. The molecule has 0 atom stereocenters. The van der Waals surface area contributed by atoms with Crippen molar-refractivity contribution in [1.29, 1.82) is 0 Å². The van der Waals surface area contributed by atoms with E-state index in [2.05, 4.69) is 5.32 Å². The van der Waals surface area contributed by atoms with Crippen molar-refractivity contribution in [3.05, 3.63) is 59.9 Å². The van der Waals surface area contributed by atoms with E-state index in [1.807, 2.05) is 36.1 Å². The van der Waals surface area contributed by atoms with Gasteiger partial charge >= 0.3 is 0 Å². The van der Waals surface area contributed by atoms with Gasteiger partial charge in [-0.05, 0) is 48.9 Å². The van der Waals surface area contributed by atoms with Crippen molar-refractivity contribution >= 4 is 21.6 Å². The molecule has 1 amide bonds. The van der Waals surface area contributed by atoms with Gasteiger partial charge in [0.2, 0.25) is 15.9 Å². The fourth-order valence-electron chi connectivity index (χ4n) is 3.01. The average molecular weight is 391 g/mol. The molecule has 27 heavy (non-hydrogen) atoms. The molecule has 0 aromatic heterocycles. The lowest BCUT2D eigenvalue weighted by atomic mass is 10.2. The Bertz CT molecular complexity index is 908. The molecule has 0 saturated carbocycles. The van der Waals surface area contributed by atoms with Crippen molar-refractivity contribution in [3.8, 4) is 0 Å². The van der Waals surface area contributed by atoms with Crippen LogP contribution in [0.25, 0.3) is 0 Å². The van der Waals surface area contributed by atoms with Crippen LogP contribution in [0, 0.1) is 12.7 Å². The van der Waals surface area contributed by atoms with Crippen LogP contribution in [0.2, 0.25) is 0 Å². The summed E-state index contributed by atoms with van der Waals surface area (Å²) in [4.78, 5) is 14.2. The van der Waals surface area contributed by atoms with Gasteiger partial charge in [0.05, 0.1) is 11.4 Å². The van der Waals surface area contributed by atoms with Gasteiger partial charge in [-0.15, -0.1) is 0 Å². The number of hydrogen-bond acceptors (Lipinski definition) is 4. The van der Waals surface area contributed by atoms with Crippen LogP contribution < -0.4 is 5.32 Å². The molecule has 8 heteroatoms. The first-order valence-corrected chi connectivity index (χ1v) is 10.1. The molecule has 6 nitrogen and oxygen atoms in total. The molecule has 0 radical (unpaired) electrons. The number of rotatable bonds is 5. The maximum atomic E-state index is 13.0. The number of piperazine rings is 1. The molecule has 1 aliphatic rings. The maximum absolute atomic E-state index is 13.0. The summed E-state index contributed by atoms with van der Waals surface area (Å²) in [6.07, 6.45) is 0. The summed E-state index contributed by atoms with van der Waals surface area (Å²) in [6.45, 7) is 3.66. The summed E-state index contributed by atoms with van der Waals surface area (Å²) >= 11 is 0. The van der Waals surface area contributed by atoms with Crippen molar-refractivity contribution in [2.45, 2.75) is 11.8 Å². The summed E-state index contributed by atoms with van der Waals surface area (Å²) in [7, 11) is -3.64. The normalized spacial score (nSPS) is 16.2. The number of benzene rings is 2. The zero-order valence-corrected chi connectivity index (χ0v) is 15.9. The van der Waals surface area contributed by atoms with Gasteiger partial charge in [0.1, 0.15) is 5.82 Å². The summed E-state index contributed by atoms with van der Waals surface area (Å²) < 4.78 is 39.6. The number of sulfonamides is 1. The SMILES string of the molecule is Cc1cccc(NC(=O)CN2CCN(S(=O)(=O)c3ccc(F)cc3)CC2)c1. The number of carbonyl (C=O) groups is 1. The Balaban J connectivity index is 1.54. The van der Waals surface area contributed by atoms with Crippen LogP contribution in [0.5, 0.6) is 0 Å². The smallest absolute Gasteiger partial charge is 0.243 e. The molecule has 0 spiro atoms. The number of anilines is 1. The fourth-order valence-corrected chi connectivity index (χ4v) is 4.43. The number of nitrogens with one attached hydrogen (secondary N) is 1. The predicted molar refractivity (Wildman–Crippen MR) is 101 cm³/mol. The lowest BCUT2D eigenvalue weighted by Gasteiger charge is -2.33. The molecule has 1 heterocycles. The second-order valence-corrected chi connectivity index (χ2v) is 8.49. The third-order valence-electron chi connectivity index (χ3n) is 4.45. The number of nitrogens with zero attached hydrogens (tertiary/aromatic N) is 2. The second-order valence-electron chi connectivity index (χ2n) is 6.55. The van der Waals surface area contributed by atoms with Gasteiger partial charge in [-0.3, -0.25) is 9.69 Å². The number of halogens is 1. The molecule has 2 aromatic carbocycles. The summed E-state index contributed by atoms with van der Waals surface area (Å²) in [6, 6.07) is 12.4. The Morgan fingerprint density at radius 2 is 1.74 bits per heavy atom. The van der Waals surface area contributed by atoms with E-state index in [0.29, 0.717) is 13.1 Å². The molecule has 1 saturated heterocycles. The van der Waals surface area contributed by atoms with Crippen molar-refractivity contribution < 1.29 is 17.6 Å². The third kappa shape index (κ3) is 4.91. The zero-order chi connectivity index (χ0) is 19.4. The monoisotopic (exact) mass is 391 g/mol. The molecule has 1 fully saturated rings. The molecule has 1 N–H and O–H groups in total. The van der Waals surface area contributed by atoms with E-state index < -0.39 is 15.8 Å². The van der Waals surface area contributed by atoms with Crippen LogP contribution in [0.3, 0.4) is 0 Å². The lowest BCUT2D eigenvalue weighted by Crippen LogP contribution is -2.50. The molecule has 0 unspecified atom stereocenters. The van der Waals surface area contributed by atoms with Crippen molar-refractivity contribution in [2.24, 2.45) is 0 Å². The Morgan fingerprint density at radius 1 is 1.07 bits per heavy atom. The van der Waals surface area contributed by atoms with E-state index in [1.54, 1.807) is 0 Å². The van der Waals surface area contributed by atoms with Crippen LogP contribution in [0.4, 0.5) is 10.1 Å². The second kappa shape index (κ2) is 8.16. The maximum Gasteiger partial charge on any atom is 0.243 e. The van der Waals surface area contributed by atoms with E-state index >= 15 is 0 Å². The summed E-state index contributed by atoms with van der Waals surface area (Å²) in [5.41, 5.74) is 1.81. The molecule has 2 aromatic rings. The quantitative estimate of drug-likeness (QED) is 0.847. The molecule has 3 rings (SSSR count). The largest absolute Gasteiger partial charge is 0.325 e. The number of aryl methyl sites for hydroxylation is 1. The van der Waals surface area contributed by atoms with E-state index in [1.165, 1.54) is 16.4 Å². The van der Waals surface area contributed by atoms with Crippen LogP contribution >= 0.6 is 0 Å². The lowest BCUT2D eigenvalue weighted by molar-refractivity contribution is -0.117. The Labute approximate surface area is 158 Å². The first kappa shape index (κ1) is 19.5. The molecule has 1 aliphatic heterocycles. The first-order chi connectivity index (χ1) is 12.8. The van der Waals surface area contributed by atoms with Gasteiger partial charge in [0.15, 0.2) is 0 Å². The number of carbonyl (C=O) groups excluding carboxylic acids is 1. The van der Waals surface area contributed by atoms with Crippen molar-refractivity contribution in [3.63, 3.8) is 0 Å². The van der Waals surface area contributed by atoms with Gasteiger partial charge in [0, 0.05) is 31.9 Å². The standard InChI is InChI=1S/C19H22FN3O3S/c1-15-3-2-4-17(13-15)21-19(24)14-22-9-11-23(12-10-22)27(25,26)18-7-5-16(20)6-8-18/h2-8,13H,9-12,14H2,1H3,(H,21,24). The number of hydrogen-bond donors (Lipinski definition) is 1. The molecule has 0 aliphatic carbocycles. The highest BCUT2D eigenvalue weighted by molar-refractivity contribution is 7.89. The fraction of sp³-hybridized carbons (Fsp3) is 0.316. The van der Waals surface area contributed by atoms with Crippen LogP contribution in [-0.2, 0) is 14.8 Å². The van der Waals surface area contributed by atoms with Gasteiger partial charge in [-0.1, -0.05) is 12.1 Å². The molecule has 144 valence electrons. The van der Waals surface area contributed by atoms with Gasteiger partial charge in [0.25, 0.3) is 0 Å². The average Bonchev–Trinajstić information content (AvgIpc) is 2.62. The highest BCUT2D eigenvalue weighted by Crippen LogP contribution is 2.18. The van der Waals surface area contributed by atoms with Gasteiger partial charge in [-0.2, -0.15) is 4.31 Å². The Morgan fingerprint density at radius 3 is 2.37 bits per heavy atom. The summed E-state index contributed by atoms with van der Waals surface area (Å²) in [5, 5.41) is 2.85. The minimum Gasteiger partial charge on any atom is -0.325 e. The Hall–Kier alpha value is -2.29. The van der Waals surface area contributed by atoms with Gasteiger partial charge < -0.3 is 5.32 Å². The van der Waals surface area contributed by atoms with Crippen LogP contribution in [-0.4, -0.2) is 56.3 Å². The minimum atomic E-state index is -3.64. The molecule has 0 bridgehead atoms. The highest BCUT2D eigenvalue weighted by atomic mass is 32.2.